The van der Waals surface area contributed by atoms with E-state index in [1.807, 2.05) is 78.9 Å². The molecule has 0 saturated carbocycles. The zero-order valence-electron chi connectivity index (χ0n) is 30.1. The van der Waals surface area contributed by atoms with E-state index < -0.39 is 0 Å². The first-order valence-electron chi connectivity index (χ1n) is 18.4. The molecule has 6 nitrogen and oxygen atoms in total. The van der Waals surface area contributed by atoms with Gasteiger partial charge in [0.25, 0.3) is 0 Å². The Morgan fingerprint density at radius 1 is 0.304 bits per heavy atom. The van der Waals surface area contributed by atoms with Crippen LogP contribution in [0.25, 0.3) is 67.8 Å². The second kappa shape index (κ2) is 14.5. The van der Waals surface area contributed by atoms with E-state index in [0.29, 0.717) is 23.4 Å². The summed E-state index contributed by atoms with van der Waals surface area (Å²) in [7, 11) is 0. The molecule has 7 aromatic carbocycles. The standard InChI is InChI=1S/C49H32N6S/c1-4-16-33(17-5-1)40-32-41(51-49(50-40)55-42-26-10-12-28-44(42)56-45-29-13-11-27-43(45)55)38-24-14-22-36(30-38)37-23-15-25-39(31-37)48-53-46(34-18-6-2-7-19-34)52-47(54-48)35-20-8-3-9-21-35/h1-32H. The molecule has 0 bridgehead atoms. The van der Waals surface area contributed by atoms with Crippen molar-refractivity contribution in [3.05, 3.63) is 194 Å². The molecule has 2 aromatic heterocycles. The molecule has 0 saturated heterocycles. The predicted octanol–water partition coefficient (Wildman–Crippen LogP) is 12.6. The predicted molar refractivity (Wildman–Crippen MR) is 227 cm³/mol. The Bertz CT molecular complexity index is 2740. The van der Waals surface area contributed by atoms with Crippen LogP contribution in [0.3, 0.4) is 0 Å². The van der Waals surface area contributed by atoms with Crippen LogP contribution in [0, 0.1) is 0 Å². The van der Waals surface area contributed by atoms with Crippen LogP contribution in [-0.2, 0) is 0 Å². The van der Waals surface area contributed by atoms with Gasteiger partial charge in [0.2, 0.25) is 5.95 Å². The van der Waals surface area contributed by atoms with Crippen LogP contribution < -0.4 is 4.90 Å². The fraction of sp³-hybridized carbons (Fsp3) is 0. The highest BCUT2D eigenvalue weighted by molar-refractivity contribution is 7.99. The van der Waals surface area contributed by atoms with E-state index >= 15 is 0 Å². The first-order valence-corrected chi connectivity index (χ1v) is 19.2. The van der Waals surface area contributed by atoms with Crippen LogP contribution in [0.4, 0.5) is 17.3 Å². The van der Waals surface area contributed by atoms with Crippen molar-refractivity contribution in [2.75, 3.05) is 4.90 Å². The molecular formula is C49H32N6S. The molecule has 7 heteroatoms. The van der Waals surface area contributed by atoms with Crippen molar-refractivity contribution in [3.8, 4) is 67.8 Å². The van der Waals surface area contributed by atoms with Crippen LogP contribution in [0.1, 0.15) is 0 Å². The zero-order valence-corrected chi connectivity index (χ0v) is 30.9. The molecule has 1 aliphatic heterocycles. The molecule has 0 amide bonds. The molecule has 0 spiro atoms. The van der Waals surface area contributed by atoms with Gasteiger partial charge in [-0.15, -0.1) is 0 Å². The van der Waals surface area contributed by atoms with Crippen LogP contribution in [-0.4, -0.2) is 24.9 Å². The molecule has 0 radical (unpaired) electrons. The third kappa shape index (κ3) is 6.50. The van der Waals surface area contributed by atoms with Crippen molar-refractivity contribution >= 4 is 29.1 Å². The Labute approximate surface area is 329 Å². The number of nitrogens with zero attached hydrogens (tertiary/aromatic N) is 6. The quantitative estimate of drug-likeness (QED) is 0.161. The van der Waals surface area contributed by atoms with Gasteiger partial charge in [-0.3, -0.25) is 4.90 Å². The van der Waals surface area contributed by atoms with Gasteiger partial charge in [0.15, 0.2) is 17.5 Å². The maximum atomic E-state index is 5.31. The Morgan fingerprint density at radius 2 is 0.696 bits per heavy atom. The highest BCUT2D eigenvalue weighted by Gasteiger charge is 2.27. The molecule has 0 atom stereocenters. The number of fused-ring (bicyclic) bond motifs is 2. The van der Waals surface area contributed by atoms with Gasteiger partial charge in [-0.1, -0.05) is 163 Å². The molecular weight excluding hydrogens is 705 g/mol. The highest BCUT2D eigenvalue weighted by Crippen LogP contribution is 2.50. The summed E-state index contributed by atoms with van der Waals surface area (Å²) >= 11 is 1.77. The van der Waals surface area contributed by atoms with Gasteiger partial charge < -0.3 is 0 Å². The summed E-state index contributed by atoms with van der Waals surface area (Å²) in [6.07, 6.45) is 0. The average molecular weight is 737 g/mol. The highest BCUT2D eigenvalue weighted by atomic mass is 32.2. The number of anilines is 3. The fourth-order valence-electron chi connectivity index (χ4n) is 6.99. The first kappa shape index (κ1) is 33.4. The van der Waals surface area contributed by atoms with Gasteiger partial charge in [-0.05, 0) is 53.6 Å². The van der Waals surface area contributed by atoms with Crippen LogP contribution >= 0.6 is 11.8 Å². The molecule has 10 rings (SSSR count). The summed E-state index contributed by atoms with van der Waals surface area (Å²) in [5, 5.41) is 0. The molecule has 0 unspecified atom stereocenters. The molecule has 1 aliphatic rings. The number of rotatable bonds is 7. The second-order valence-electron chi connectivity index (χ2n) is 13.4. The van der Waals surface area contributed by atoms with Crippen molar-refractivity contribution in [2.45, 2.75) is 9.79 Å². The van der Waals surface area contributed by atoms with E-state index in [4.69, 9.17) is 24.9 Å². The number of hydrogen-bond acceptors (Lipinski definition) is 7. The molecule has 9 aromatic rings. The Morgan fingerprint density at radius 3 is 1.25 bits per heavy atom. The van der Waals surface area contributed by atoms with Crippen molar-refractivity contribution in [1.29, 1.82) is 0 Å². The maximum Gasteiger partial charge on any atom is 0.235 e. The molecule has 0 N–H and O–H groups in total. The van der Waals surface area contributed by atoms with Gasteiger partial charge in [0, 0.05) is 37.6 Å². The van der Waals surface area contributed by atoms with Crippen molar-refractivity contribution in [1.82, 2.24) is 24.9 Å². The Hall–Kier alpha value is -7.22. The summed E-state index contributed by atoms with van der Waals surface area (Å²) in [5.41, 5.74) is 10.7. The van der Waals surface area contributed by atoms with Gasteiger partial charge in [0.1, 0.15) is 0 Å². The molecule has 0 fully saturated rings. The Balaban J connectivity index is 1.08. The zero-order chi connectivity index (χ0) is 37.3. The SMILES string of the molecule is c1ccc(-c2cc(-c3cccc(-c4cccc(-c5nc(-c6ccccc6)nc(-c6ccccc6)n5)c4)c3)nc(N3c4ccccc4Sc4ccccc43)n2)cc1. The largest absolute Gasteiger partial charge is 0.277 e. The normalized spacial score (nSPS) is 11.8. The van der Waals surface area contributed by atoms with Crippen molar-refractivity contribution in [3.63, 3.8) is 0 Å². The van der Waals surface area contributed by atoms with Crippen LogP contribution in [0.2, 0.25) is 0 Å². The summed E-state index contributed by atoms with van der Waals surface area (Å²) in [6.45, 7) is 0. The van der Waals surface area contributed by atoms with E-state index in [2.05, 4.69) is 120 Å². The van der Waals surface area contributed by atoms with E-state index in [-0.39, 0.29) is 0 Å². The van der Waals surface area contributed by atoms with E-state index in [1.165, 1.54) is 0 Å². The lowest BCUT2D eigenvalue weighted by Gasteiger charge is -2.31. The van der Waals surface area contributed by atoms with E-state index in [1.54, 1.807) is 11.8 Å². The summed E-state index contributed by atoms with van der Waals surface area (Å²) in [5.74, 6) is 2.50. The minimum Gasteiger partial charge on any atom is -0.277 e. The lowest BCUT2D eigenvalue weighted by atomic mass is 9.99. The van der Waals surface area contributed by atoms with Gasteiger partial charge in [0.05, 0.1) is 22.8 Å². The summed E-state index contributed by atoms with van der Waals surface area (Å²) in [4.78, 5) is 29.9. The first-order chi connectivity index (χ1) is 27.7. The summed E-state index contributed by atoms with van der Waals surface area (Å²) < 4.78 is 0. The van der Waals surface area contributed by atoms with Gasteiger partial charge in [-0.2, -0.15) is 0 Å². The van der Waals surface area contributed by atoms with Crippen LogP contribution in [0.5, 0.6) is 0 Å². The number of hydrogen-bond donors (Lipinski definition) is 0. The monoisotopic (exact) mass is 736 g/mol. The third-order valence-electron chi connectivity index (χ3n) is 9.73. The molecule has 3 heterocycles. The van der Waals surface area contributed by atoms with Crippen molar-refractivity contribution < 1.29 is 0 Å². The second-order valence-corrected chi connectivity index (χ2v) is 14.5. The van der Waals surface area contributed by atoms with E-state index in [9.17, 15) is 0 Å². The fourth-order valence-corrected chi connectivity index (χ4v) is 8.05. The number of aromatic nitrogens is 5. The smallest absolute Gasteiger partial charge is 0.235 e. The average Bonchev–Trinajstić information content (AvgIpc) is 3.29. The number of benzene rings is 7. The van der Waals surface area contributed by atoms with Crippen molar-refractivity contribution in [2.24, 2.45) is 0 Å². The summed E-state index contributed by atoms with van der Waals surface area (Å²) in [6, 6.07) is 66.3. The lowest BCUT2D eigenvalue weighted by molar-refractivity contribution is 1.05. The molecule has 56 heavy (non-hydrogen) atoms. The molecule has 0 aliphatic carbocycles. The van der Waals surface area contributed by atoms with E-state index in [0.717, 1.165) is 71.5 Å². The van der Waals surface area contributed by atoms with Gasteiger partial charge in [-0.25, -0.2) is 24.9 Å². The van der Waals surface area contributed by atoms with Crippen LogP contribution in [0.15, 0.2) is 204 Å². The topological polar surface area (TPSA) is 67.7 Å². The minimum atomic E-state index is 0.615. The molecule has 264 valence electrons. The lowest BCUT2D eigenvalue weighted by Crippen LogP contribution is -2.18. The third-order valence-corrected chi connectivity index (χ3v) is 10.9. The van der Waals surface area contributed by atoms with Gasteiger partial charge >= 0.3 is 0 Å². The Kier molecular flexibility index (Phi) is 8.67. The maximum absolute atomic E-state index is 5.31. The number of para-hydroxylation sites is 2. The minimum absolute atomic E-state index is 0.615.